The molecule has 1 aliphatic heterocycles. The molecule has 1 aliphatic rings. The number of rotatable bonds is 6. The fraction of sp³-hybridized carbons (Fsp3) is 0.556. The van der Waals surface area contributed by atoms with Gasteiger partial charge in [-0.1, -0.05) is 26.0 Å². The molecule has 1 heterocycles. The zero-order chi connectivity index (χ0) is 17.7. The lowest BCUT2D eigenvalue weighted by molar-refractivity contribution is -0.152. The van der Waals surface area contributed by atoms with Crippen molar-refractivity contribution in [2.24, 2.45) is 11.1 Å². The maximum atomic E-state index is 13.3. The first-order valence-electron chi connectivity index (χ1n) is 8.47. The number of carbonyl (C=O) groups is 2. The molecular formula is C18H27ClFN3O2. The van der Waals surface area contributed by atoms with Crippen LogP contribution in [0, 0.1) is 11.2 Å². The van der Waals surface area contributed by atoms with E-state index in [1.54, 1.807) is 21.9 Å². The van der Waals surface area contributed by atoms with Crippen LogP contribution in [0.15, 0.2) is 24.3 Å². The van der Waals surface area contributed by atoms with Crippen LogP contribution < -0.4 is 5.73 Å². The first-order chi connectivity index (χ1) is 11.5. The minimum Gasteiger partial charge on any atom is -0.335 e. The fourth-order valence-corrected chi connectivity index (χ4v) is 3.17. The Labute approximate surface area is 154 Å². The third kappa shape index (κ3) is 4.70. The van der Waals surface area contributed by atoms with Crippen molar-refractivity contribution in [1.82, 2.24) is 9.80 Å². The number of halogens is 2. The number of nitrogens with two attached hydrogens (primary N) is 1. The van der Waals surface area contributed by atoms with E-state index in [0.717, 1.165) is 5.56 Å². The lowest BCUT2D eigenvalue weighted by Crippen LogP contribution is -2.56. The van der Waals surface area contributed by atoms with Crippen LogP contribution in [0.4, 0.5) is 4.39 Å². The van der Waals surface area contributed by atoms with Crippen molar-refractivity contribution >= 4 is 24.2 Å². The van der Waals surface area contributed by atoms with Gasteiger partial charge in [-0.3, -0.25) is 9.59 Å². The Balaban J connectivity index is 0.00000312. The van der Waals surface area contributed by atoms with Crippen LogP contribution in [0.3, 0.4) is 0 Å². The summed E-state index contributed by atoms with van der Waals surface area (Å²) < 4.78 is 13.3. The third-order valence-electron chi connectivity index (χ3n) is 5.07. The zero-order valence-corrected chi connectivity index (χ0v) is 15.7. The lowest BCUT2D eigenvalue weighted by Gasteiger charge is -2.39. The highest BCUT2D eigenvalue weighted by Gasteiger charge is 2.39. The van der Waals surface area contributed by atoms with Gasteiger partial charge in [0.1, 0.15) is 5.82 Å². The molecule has 140 valence electrons. The van der Waals surface area contributed by atoms with Gasteiger partial charge in [-0.15, -0.1) is 12.4 Å². The number of hydrogen-bond acceptors (Lipinski definition) is 3. The van der Waals surface area contributed by atoms with Gasteiger partial charge in [0.25, 0.3) is 0 Å². The summed E-state index contributed by atoms with van der Waals surface area (Å²) in [6, 6.07) is 6.23. The predicted molar refractivity (Wildman–Crippen MR) is 97.7 cm³/mol. The van der Waals surface area contributed by atoms with Gasteiger partial charge in [0, 0.05) is 26.2 Å². The zero-order valence-electron chi connectivity index (χ0n) is 14.8. The lowest BCUT2D eigenvalue weighted by atomic mass is 9.80. The molecule has 0 bridgehead atoms. The van der Waals surface area contributed by atoms with Gasteiger partial charge >= 0.3 is 0 Å². The highest BCUT2D eigenvalue weighted by Crippen LogP contribution is 2.28. The Morgan fingerprint density at radius 1 is 1.28 bits per heavy atom. The van der Waals surface area contributed by atoms with E-state index in [-0.39, 0.29) is 43.1 Å². The van der Waals surface area contributed by atoms with Crippen molar-refractivity contribution in [3.05, 3.63) is 35.6 Å². The minimum atomic E-state index is -0.578. The van der Waals surface area contributed by atoms with Crippen molar-refractivity contribution in [3.8, 4) is 0 Å². The van der Waals surface area contributed by atoms with Crippen molar-refractivity contribution in [1.29, 1.82) is 0 Å². The highest BCUT2D eigenvalue weighted by molar-refractivity contribution is 5.89. The van der Waals surface area contributed by atoms with E-state index in [1.807, 2.05) is 13.8 Å². The average Bonchev–Trinajstić information content (AvgIpc) is 2.58. The molecule has 0 saturated carbocycles. The molecule has 0 radical (unpaired) electrons. The van der Waals surface area contributed by atoms with Gasteiger partial charge in [0.2, 0.25) is 11.8 Å². The topological polar surface area (TPSA) is 66.6 Å². The summed E-state index contributed by atoms with van der Waals surface area (Å²) in [5, 5.41) is 0. The van der Waals surface area contributed by atoms with E-state index in [4.69, 9.17) is 5.73 Å². The van der Waals surface area contributed by atoms with Crippen molar-refractivity contribution < 1.29 is 14.0 Å². The standard InChI is InChI=1S/C18H26FN3O2.ClH/c1-3-18(4-2,13-20)17(24)22-9-8-21(16(23)12-22)11-14-6-5-7-15(19)10-14;/h5-7,10H,3-4,8-9,11-13,20H2,1-2H3;1H. The normalized spacial score (nSPS) is 15.1. The second kappa shape index (κ2) is 9.15. The van der Waals surface area contributed by atoms with Gasteiger partial charge in [-0.05, 0) is 30.5 Å². The molecule has 7 heteroatoms. The molecule has 2 rings (SSSR count). The number of amides is 2. The number of benzene rings is 1. The van der Waals surface area contributed by atoms with Crippen LogP contribution in [0.2, 0.25) is 0 Å². The molecule has 0 atom stereocenters. The largest absolute Gasteiger partial charge is 0.335 e. The van der Waals surface area contributed by atoms with Crippen molar-refractivity contribution in [3.63, 3.8) is 0 Å². The van der Waals surface area contributed by atoms with Crippen LogP contribution in [-0.4, -0.2) is 47.8 Å². The number of hydrogen-bond donors (Lipinski definition) is 1. The van der Waals surface area contributed by atoms with E-state index in [9.17, 15) is 14.0 Å². The van der Waals surface area contributed by atoms with E-state index in [1.165, 1.54) is 12.1 Å². The third-order valence-corrected chi connectivity index (χ3v) is 5.07. The maximum absolute atomic E-state index is 13.3. The molecule has 1 aromatic carbocycles. The van der Waals surface area contributed by atoms with Crippen LogP contribution in [0.1, 0.15) is 32.3 Å². The van der Waals surface area contributed by atoms with Crippen LogP contribution in [-0.2, 0) is 16.1 Å². The molecule has 2 amide bonds. The summed E-state index contributed by atoms with van der Waals surface area (Å²) in [4.78, 5) is 28.5. The van der Waals surface area contributed by atoms with E-state index < -0.39 is 5.41 Å². The van der Waals surface area contributed by atoms with E-state index in [0.29, 0.717) is 32.5 Å². The smallest absolute Gasteiger partial charge is 0.242 e. The number of piperazine rings is 1. The Hall–Kier alpha value is -1.66. The molecular weight excluding hydrogens is 345 g/mol. The molecule has 0 unspecified atom stereocenters. The Kier molecular flexibility index (Phi) is 7.83. The molecule has 1 saturated heterocycles. The Bertz CT molecular complexity index is 599. The molecule has 0 spiro atoms. The highest BCUT2D eigenvalue weighted by atomic mass is 35.5. The van der Waals surface area contributed by atoms with Crippen LogP contribution >= 0.6 is 12.4 Å². The fourth-order valence-electron chi connectivity index (χ4n) is 3.17. The molecule has 1 aromatic rings. The molecule has 0 aliphatic carbocycles. The van der Waals surface area contributed by atoms with Gasteiger partial charge in [0.15, 0.2) is 0 Å². The minimum absolute atomic E-state index is 0. The second-order valence-corrected chi connectivity index (χ2v) is 6.36. The van der Waals surface area contributed by atoms with Crippen molar-refractivity contribution in [2.75, 3.05) is 26.2 Å². The summed E-state index contributed by atoms with van der Waals surface area (Å²) >= 11 is 0. The Morgan fingerprint density at radius 2 is 1.96 bits per heavy atom. The Morgan fingerprint density at radius 3 is 2.48 bits per heavy atom. The van der Waals surface area contributed by atoms with Gasteiger partial charge < -0.3 is 15.5 Å². The van der Waals surface area contributed by atoms with Crippen LogP contribution in [0.5, 0.6) is 0 Å². The molecule has 0 aromatic heterocycles. The van der Waals surface area contributed by atoms with Gasteiger partial charge in [-0.25, -0.2) is 4.39 Å². The van der Waals surface area contributed by atoms with E-state index in [2.05, 4.69) is 0 Å². The van der Waals surface area contributed by atoms with Crippen LogP contribution in [0.25, 0.3) is 0 Å². The van der Waals surface area contributed by atoms with Gasteiger partial charge in [0.05, 0.1) is 12.0 Å². The number of carbonyl (C=O) groups excluding carboxylic acids is 2. The van der Waals surface area contributed by atoms with E-state index >= 15 is 0 Å². The molecule has 25 heavy (non-hydrogen) atoms. The maximum Gasteiger partial charge on any atom is 0.242 e. The predicted octanol–water partition coefficient (Wildman–Crippen LogP) is 2.18. The first kappa shape index (κ1) is 21.4. The molecule has 5 nitrogen and oxygen atoms in total. The summed E-state index contributed by atoms with van der Waals surface area (Å²) in [5.41, 5.74) is 6.01. The molecule has 1 fully saturated rings. The summed E-state index contributed by atoms with van der Waals surface area (Å²) in [6.45, 7) is 5.57. The average molecular weight is 372 g/mol. The monoisotopic (exact) mass is 371 g/mol. The summed E-state index contributed by atoms with van der Waals surface area (Å²) in [5.74, 6) is -0.460. The first-order valence-corrected chi connectivity index (χ1v) is 8.47. The summed E-state index contributed by atoms with van der Waals surface area (Å²) in [6.07, 6.45) is 1.33. The number of nitrogens with zero attached hydrogens (tertiary/aromatic N) is 2. The van der Waals surface area contributed by atoms with Gasteiger partial charge in [-0.2, -0.15) is 0 Å². The quantitative estimate of drug-likeness (QED) is 0.833. The SMILES string of the molecule is CCC(CC)(CN)C(=O)N1CCN(Cc2cccc(F)c2)C(=O)C1.Cl. The van der Waals surface area contributed by atoms with Crippen molar-refractivity contribution in [2.45, 2.75) is 33.2 Å². The second-order valence-electron chi connectivity index (χ2n) is 6.36. The summed E-state index contributed by atoms with van der Waals surface area (Å²) in [7, 11) is 0. The molecule has 2 N–H and O–H groups in total.